The molecule has 0 fully saturated rings. The standard InChI is InChI=1S/C15H16F2N2/c1-10-4-2-3-5-14(10)19-15(9-18)11-6-7-12(16)13(17)8-11/h2-8,15,19H,9,18H2,1H3. The molecule has 2 aromatic rings. The van der Waals surface area contributed by atoms with Gasteiger partial charge in [0, 0.05) is 12.2 Å². The van der Waals surface area contributed by atoms with Crippen LogP contribution in [0.4, 0.5) is 14.5 Å². The first-order chi connectivity index (χ1) is 9.11. The highest BCUT2D eigenvalue weighted by molar-refractivity contribution is 5.52. The van der Waals surface area contributed by atoms with Crippen molar-refractivity contribution in [3.05, 3.63) is 65.2 Å². The predicted octanol–water partition coefficient (Wildman–Crippen LogP) is 3.39. The summed E-state index contributed by atoms with van der Waals surface area (Å²) < 4.78 is 26.2. The Morgan fingerprint density at radius 2 is 1.84 bits per heavy atom. The zero-order valence-corrected chi connectivity index (χ0v) is 10.7. The van der Waals surface area contributed by atoms with Crippen molar-refractivity contribution in [1.82, 2.24) is 0 Å². The van der Waals surface area contributed by atoms with E-state index in [1.54, 1.807) is 6.07 Å². The minimum atomic E-state index is -0.859. The van der Waals surface area contributed by atoms with Gasteiger partial charge in [0.15, 0.2) is 11.6 Å². The number of nitrogens with one attached hydrogen (secondary N) is 1. The van der Waals surface area contributed by atoms with Crippen LogP contribution < -0.4 is 11.1 Å². The maximum Gasteiger partial charge on any atom is 0.159 e. The van der Waals surface area contributed by atoms with Crippen LogP contribution in [0, 0.1) is 18.6 Å². The number of benzene rings is 2. The molecule has 2 rings (SSSR count). The highest BCUT2D eigenvalue weighted by Crippen LogP contribution is 2.22. The Bertz CT molecular complexity index is 570. The second-order valence-electron chi connectivity index (χ2n) is 4.42. The van der Waals surface area contributed by atoms with E-state index in [-0.39, 0.29) is 6.04 Å². The number of hydrogen-bond donors (Lipinski definition) is 2. The minimum Gasteiger partial charge on any atom is -0.377 e. The topological polar surface area (TPSA) is 38.0 Å². The molecule has 0 amide bonds. The number of aryl methyl sites for hydroxylation is 1. The highest BCUT2D eigenvalue weighted by Gasteiger charge is 2.13. The fraction of sp³-hybridized carbons (Fsp3) is 0.200. The summed E-state index contributed by atoms with van der Waals surface area (Å²) in [5, 5.41) is 3.25. The molecule has 0 spiro atoms. The molecule has 0 aliphatic carbocycles. The van der Waals surface area contributed by atoms with Gasteiger partial charge in [-0.1, -0.05) is 24.3 Å². The molecule has 0 aromatic heterocycles. The summed E-state index contributed by atoms with van der Waals surface area (Å²) in [6.07, 6.45) is 0. The second kappa shape index (κ2) is 5.80. The first-order valence-corrected chi connectivity index (χ1v) is 6.09. The minimum absolute atomic E-state index is 0.254. The Kier molecular flexibility index (Phi) is 4.12. The van der Waals surface area contributed by atoms with E-state index >= 15 is 0 Å². The van der Waals surface area contributed by atoms with Crippen molar-refractivity contribution in [3.8, 4) is 0 Å². The van der Waals surface area contributed by atoms with Gasteiger partial charge in [0.2, 0.25) is 0 Å². The van der Waals surface area contributed by atoms with E-state index in [0.717, 1.165) is 17.3 Å². The van der Waals surface area contributed by atoms with E-state index in [0.29, 0.717) is 12.1 Å². The Balaban J connectivity index is 2.25. The van der Waals surface area contributed by atoms with Crippen molar-refractivity contribution in [2.45, 2.75) is 13.0 Å². The summed E-state index contributed by atoms with van der Waals surface area (Å²) in [7, 11) is 0. The van der Waals surface area contributed by atoms with Crippen molar-refractivity contribution < 1.29 is 8.78 Å². The summed E-state index contributed by atoms with van der Waals surface area (Å²) in [6, 6.07) is 11.3. The van der Waals surface area contributed by atoms with Gasteiger partial charge in [-0.3, -0.25) is 0 Å². The lowest BCUT2D eigenvalue weighted by molar-refractivity contribution is 0.506. The Morgan fingerprint density at radius 3 is 2.47 bits per heavy atom. The number of halogens is 2. The molecule has 0 heterocycles. The summed E-state index contributed by atoms with van der Waals surface area (Å²) in [5.74, 6) is -1.71. The van der Waals surface area contributed by atoms with E-state index in [4.69, 9.17) is 5.73 Å². The molecule has 1 atom stereocenters. The molecule has 2 nitrogen and oxygen atoms in total. The number of nitrogens with two attached hydrogens (primary N) is 1. The van der Waals surface area contributed by atoms with Gasteiger partial charge in [0.25, 0.3) is 0 Å². The average molecular weight is 262 g/mol. The van der Waals surface area contributed by atoms with Gasteiger partial charge in [-0.25, -0.2) is 8.78 Å². The van der Waals surface area contributed by atoms with Crippen molar-refractivity contribution >= 4 is 5.69 Å². The predicted molar refractivity (Wildman–Crippen MR) is 73.0 cm³/mol. The van der Waals surface area contributed by atoms with E-state index in [9.17, 15) is 8.78 Å². The average Bonchev–Trinajstić information content (AvgIpc) is 2.41. The van der Waals surface area contributed by atoms with Gasteiger partial charge < -0.3 is 11.1 Å². The maximum atomic E-state index is 13.3. The fourth-order valence-electron chi connectivity index (χ4n) is 1.93. The van der Waals surface area contributed by atoms with Crippen LogP contribution >= 0.6 is 0 Å². The van der Waals surface area contributed by atoms with Gasteiger partial charge in [-0.2, -0.15) is 0 Å². The van der Waals surface area contributed by atoms with Crippen LogP contribution in [0.2, 0.25) is 0 Å². The quantitative estimate of drug-likeness (QED) is 0.886. The van der Waals surface area contributed by atoms with Crippen molar-refractivity contribution in [1.29, 1.82) is 0 Å². The van der Waals surface area contributed by atoms with Gasteiger partial charge in [0.05, 0.1) is 6.04 Å². The van der Waals surface area contributed by atoms with Crippen LogP contribution in [0.3, 0.4) is 0 Å². The summed E-state index contributed by atoms with van der Waals surface area (Å²) in [4.78, 5) is 0. The monoisotopic (exact) mass is 262 g/mol. The van der Waals surface area contributed by atoms with Crippen LogP contribution in [-0.4, -0.2) is 6.54 Å². The van der Waals surface area contributed by atoms with Gasteiger partial charge in [-0.15, -0.1) is 0 Å². The first kappa shape index (κ1) is 13.5. The number of hydrogen-bond acceptors (Lipinski definition) is 2. The normalized spacial score (nSPS) is 12.2. The molecule has 100 valence electrons. The Labute approximate surface area is 111 Å². The van der Waals surface area contributed by atoms with Crippen molar-refractivity contribution in [2.75, 3.05) is 11.9 Å². The smallest absolute Gasteiger partial charge is 0.159 e. The zero-order valence-electron chi connectivity index (χ0n) is 10.7. The molecular formula is C15H16F2N2. The third-order valence-electron chi connectivity index (χ3n) is 3.06. The molecule has 0 bridgehead atoms. The van der Waals surface area contributed by atoms with Gasteiger partial charge >= 0.3 is 0 Å². The van der Waals surface area contributed by atoms with Crippen LogP contribution in [0.15, 0.2) is 42.5 Å². The third kappa shape index (κ3) is 3.09. The zero-order chi connectivity index (χ0) is 13.8. The summed E-state index contributed by atoms with van der Waals surface area (Å²) in [6.45, 7) is 2.26. The number of rotatable bonds is 4. The highest BCUT2D eigenvalue weighted by atomic mass is 19.2. The van der Waals surface area contributed by atoms with E-state index in [1.165, 1.54) is 6.07 Å². The molecule has 0 aliphatic heterocycles. The van der Waals surface area contributed by atoms with E-state index < -0.39 is 11.6 Å². The molecule has 19 heavy (non-hydrogen) atoms. The molecule has 0 saturated heterocycles. The van der Waals surface area contributed by atoms with Gasteiger partial charge in [-0.05, 0) is 36.2 Å². The number of anilines is 1. The fourth-order valence-corrected chi connectivity index (χ4v) is 1.93. The van der Waals surface area contributed by atoms with E-state index in [2.05, 4.69) is 5.32 Å². The lowest BCUT2D eigenvalue weighted by atomic mass is 10.1. The van der Waals surface area contributed by atoms with Crippen LogP contribution in [0.5, 0.6) is 0 Å². The third-order valence-corrected chi connectivity index (χ3v) is 3.06. The van der Waals surface area contributed by atoms with Crippen LogP contribution in [-0.2, 0) is 0 Å². The molecular weight excluding hydrogens is 246 g/mol. The second-order valence-corrected chi connectivity index (χ2v) is 4.42. The van der Waals surface area contributed by atoms with E-state index in [1.807, 2.05) is 31.2 Å². The first-order valence-electron chi connectivity index (χ1n) is 6.09. The molecule has 0 saturated carbocycles. The van der Waals surface area contributed by atoms with Crippen LogP contribution in [0.25, 0.3) is 0 Å². The Morgan fingerprint density at radius 1 is 1.11 bits per heavy atom. The number of para-hydroxylation sites is 1. The lowest BCUT2D eigenvalue weighted by Crippen LogP contribution is -2.21. The maximum absolute atomic E-state index is 13.3. The Hall–Kier alpha value is -1.94. The lowest BCUT2D eigenvalue weighted by Gasteiger charge is -2.20. The van der Waals surface area contributed by atoms with Crippen LogP contribution in [0.1, 0.15) is 17.2 Å². The molecule has 3 N–H and O–H groups in total. The molecule has 1 unspecified atom stereocenters. The summed E-state index contributed by atoms with van der Waals surface area (Å²) in [5.41, 5.74) is 8.35. The van der Waals surface area contributed by atoms with Crippen molar-refractivity contribution in [3.63, 3.8) is 0 Å². The largest absolute Gasteiger partial charge is 0.377 e. The summed E-state index contributed by atoms with van der Waals surface area (Å²) >= 11 is 0. The molecule has 0 aliphatic rings. The van der Waals surface area contributed by atoms with Gasteiger partial charge in [0.1, 0.15) is 0 Å². The van der Waals surface area contributed by atoms with Crippen molar-refractivity contribution in [2.24, 2.45) is 5.73 Å². The molecule has 4 heteroatoms. The SMILES string of the molecule is Cc1ccccc1NC(CN)c1ccc(F)c(F)c1. The molecule has 0 radical (unpaired) electrons. The molecule has 2 aromatic carbocycles.